The molecule has 0 radical (unpaired) electrons. The van der Waals surface area contributed by atoms with Gasteiger partial charge >= 0.3 is 0 Å². The Morgan fingerprint density at radius 1 is 1.19 bits per heavy atom. The maximum absolute atomic E-state index is 11.5. The number of fused-ring (bicyclic) bond motifs is 1. The van der Waals surface area contributed by atoms with Crippen molar-refractivity contribution >= 4 is 28.7 Å². The van der Waals surface area contributed by atoms with E-state index in [2.05, 4.69) is 30.5 Å². The zero-order chi connectivity index (χ0) is 18.4. The molecule has 0 saturated carbocycles. The summed E-state index contributed by atoms with van der Waals surface area (Å²) < 4.78 is 0. The summed E-state index contributed by atoms with van der Waals surface area (Å²) in [5.41, 5.74) is 1.74. The van der Waals surface area contributed by atoms with E-state index in [9.17, 15) is 4.79 Å². The Kier molecular flexibility index (Phi) is 6.12. The fourth-order valence-electron chi connectivity index (χ4n) is 3.18. The Morgan fingerprint density at radius 2 is 1.96 bits per heavy atom. The van der Waals surface area contributed by atoms with E-state index in [0.717, 1.165) is 36.2 Å². The first-order chi connectivity index (χ1) is 12.6. The summed E-state index contributed by atoms with van der Waals surface area (Å²) in [4.78, 5) is 26.9. The lowest BCUT2D eigenvalue weighted by Crippen LogP contribution is -2.40. The van der Waals surface area contributed by atoms with Crippen molar-refractivity contribution in [3.05, 3.63) is 30.0 Å². The number of rotatable bonds is 4. The molecule has 1 aliphatic rings. The molecule has 26 heavy (non-hydrogen) atoms. The second kappa shape index (κ2) is 8.71. The molecule has 1 amide bonds. The van der Waals surface area contributed by atoms with Crippen LogP contribution in [0.2, 0.25) is 0 Å². The minimum atomic E-state index is -0.268. The van der Waals surface area contributed by atoms with Gasteiger partial charge in [-0.25, -0.2) is 9.97 Å². The Bertz CT molecular complexity index is 798. The predicted molar refractivity (Wildman–Crippen MR) is 104 cm³/mol. The lowest BCUT2D eigenvalue weighted by Gasteiger charge is -2.26. The minimum absolute atomic E-state index is 0.268. The van der Waals surface area contributed by atoms with Crippen LogP contribution in [0.1, 0.15) is 31.9 Å². The first-order valence-electron chi connectivity index (χ1n) is 9.18. The van der Waals surface area contributed by atoms with Gasteiger partial charge < -0.3 is 10.2 Å². The van der Waals surface area contributed by atoms with Gasteiger partial charge in [0.2, 0.25) is 17.8 Å². The van der Waals surface area contributed by atoms with E-state index in [4.69, 9.17) is 0 Å². The maximum atomic E-state index is 11.5. The number of nitrogens with one attached hydrogen (secondary N) is 2. The fourth-order valence-corrected chi connectivity index (χ4v) is 3.18. The van der Waals surface area contributed by atoms with Crippen molar-refractivity contribution in [1.82, 2.24) is 20.2 Å². The number of para-hydroxylation sites is 1. The van der Waals surface area contributed by atoms with Crippen molar-refractivity contribution in [2.45, 2.75) is 33.1 Å². The molecule has 138 valence electrons. The average Bonchev–Trinajstić information content (AvgIpc) is 2.62. The quantitative estimate of drug-likeness (QED) is 0.648. The molecule has 0 spiro atoms. The third kappa shape index (κ3) is 4.98. The first-order valence-corrected chi connectivity index (χ1v) is 9.18. The van der Waals surface area contributed by atoms with Gasteiger partial charge in [0.05, 0.1) is 11.2 Å². The van der Waals surface area contributed by atoms with Crippen LogP contribution in [0.15, 0.2) is 29.3 Å². The molecule has 0 unspecified atom stereocenters. The summed E-state index contributed by atoms with van der Waals surface area (Å²) in [6, 6.07) is 7.85. The molecule has 7 heteroatoms. The van der Waals surface area contributed by atoms with Crippen LogP contribution in [-0.2, 0) is 4.79 Å². The number of aryl methyl sites for hydroxylation is 1. The van der Waals surface area contributed by atoms with Gasteiger partial charge in [-0.3, -0.25) is 10.1 Å². The molecule has 0 bridgehead atoms. The molecule has 1 fully saturated rings. The van der Waals surface area contributed by atoms with E-state index >= 15 is 0 Å². The fraction of sp³-hybridized carbons (Fsp3) is 0.474. The molecular formula is C19H26N6O. The Balaban J connectivity index is 1.67. The van der Waals surface area contributed by atoms with Crippen LogP contribution in [0.3, 0.4) is 0 Å². The van der Waals surface area contributed by atoms with E-state index in [1.165, 1.54) is 26.2 Å². The highest BCUT2D eigenvalue weighted by molar-refractivity contribution is 6.00. The van der Waals surface area contributed by atoms with E-state index in [-0.39, 0.29) is 5.91 Å². The number of guanidine groups is 1. The summed E-state index contributed by atoms with van der Waals surface area (Å²) in [7, 11) is 0. The molecule has 1 saturated heterocycles. The normalized spacial score (nSPS) is 15.8. The van der Waals surface area contributed by atoms with Crippen LogP contribution in [-0.4, -0.2) is 52.9 Å². The first kappa shape index (κ1) is 18.3. The number of hydrogen-bond acceptors (Lipinski definition) is 4. The molecule has 3 rings (SSSR count). The Labute approximate surface area is 153 Å². The van der Waals surface area contributed by atoms with Crippen molar-refractivity contribution in [3.8, 4) is 0 Å². The topological polar surface area (TPSA) is 82.5 Å². The van der Waals surface area contributed by atoms with Gasteiger partial charge in [0.1, 0.15) is 0 Å². The van der Waals surface area contributed by atoms with Gasteiger partial charge in [0.25, 0.3) is 0 Å². The van der Waals surface area contributed by atoms with Crippen LogP contribution in [0.25, 0.3) is 10.9 Å². The highest BCUT2D eigenvalue weighted by Crippen LogP contribution is 2.16. The number of hydrogen-bond donors (Lipinski definition) is 2. The molecule has 0 atom stereocenters. The molecule has 1 aromatic carbocycles. The molecule has 2 N–H and O–H groups in total. The van der Waals surface area contributed by atoms with Crippen LogP contribution in [0.5, 0.6) is 0 Å². The average molecular weight is 354 g/mol. The number of nitrogens with zero attached hydrogens (tertiary/aromatic N) is 4. The number of carbonyl (C=O) groups is 1. The third-order valence-corrected chi connectivity index (χ3v) is 4.46. The number of amides is 1. The molecular weight excluding hydrogens is 328 g/mol. The Hall–Kier alpha value is -2.54. The molecule has 1 aromatic heterocycles. The van der Waals surface area contributed by atoms with Crippen LogP contribution >= 0.6 is 0 Å². The summed E-state index contributed by atoms with van der Waals surface area (Å²) in [6.45, 7) is 7.30. The number of carbonyl (C=O) groups excluding carboxylic acids is 1. The second-order valence-corrected chi connectivity index (χ2v) is 6.58. The van der Waals surface area contributed by atoms with E-state index < -0.39 is 0 Å². The maximum Gasteiger partial charge on any atom is 0.245 e. The highest BCUT2D eigenvalue weighted by Gasteiger charge is 2.11. The highest BCUT2D eigenvalue weighted by atomic mass is 16.1. The molecule has 2 heterocycles. The van der Waals surface area contributed by atoms with Crippen LogP contribution in [0.4, 0.5) is 5.95 Å². The standard InChI is InChI=1S/C19H26N6O/c1-14-16-8-4-5-9-17(16)23-19(21-14)24-18(22-15(2)26)20-10-13-25-11-6-3-7-12-25/h4-5,8-9H,3,6-7,10-13H2,1-2H3,(H2,20,21,22,23,24,26). The number of piperidine rings is 1. The van der Waals surface area contributed by atoms with Crippen molar-refractivity contribution in [2.24, 2.45) is 4.99 Å². The number of likely N-dealkylation sites (tertiary alicyclic amines) is 1. The van der Waals surface area contributed by atoms with Crippen molar-refractivity contribution < 1.29 is 4.79 Å². The van der Waals surface area contributed by atoms with Gasteiger partial charge in [-0.15, -0.1) is 0 Å². The molecule has 0 aliphatic carbocycles. The SMILES string of the molecule is CC(=O)/N=C(\NCCN1CCCCC1)Nc1nc(C)c2ccccc2n1. The lowest BCUT2D eigenvalue weighted by molar-refractivity contribution is -0.115. The number of aliphatic imine (C=N–C) groups is 1. The lowest BCUT2D eigenvalue weighted by atomic mass is 10.1. The van der Waals surface area contributed by atoms with E-state index in [0.29, 0.717) is 18.5 Å². The summed E-state index contributed by atoms with van der Waals surface area (Å²) in [5.74, 6) is 0.561. The molecule has 7 nitrogen and oxygen atoms in total. The van der Waals surface area contributed by atoms with Gasteiger partial charge in [-0.2, -0.15) is 4.99 Å². The summed E-state index contributed by atoms with van der Waals surface area (Å²) in [5, 5.41) is 7.28. The zero-order valence-corrected chi connectivity index (χ0v) is 15.5. The van der Waals surface area contributed by atoms with Crippen molar-refractivity contribution in [1.29, 1.82) is 0 Å². The van der Waals surface area contributed by atoms with Gasteiger partial charge in [0, 0.05) is 25.4 Å². The van der Waals surface area contributed by atoms with Gasteiger partial charge in [0.15, 0.2) is 0 Å². The van der Waals surface area contributed by atoms with Gasteiger partial charge in [-0.1, -0.05) is 24.6 Å². The number of aromatic nitrogens is 2. The summed E-state index contributed by atoms with van der Waals surface area (Å²) >= 11 is 0. The van der Waals surface area contributed by atoms with Gasteiger partial charge in [-0.05, 0) is 38.9 Å². The predicted octanol–water partition coefficient (Wildman–Crippen LogP) is 2.33. The number of benzene rings is 1. The van der Waals surface area contributed by atoms with Crippen LogP contribution in [0, 0.1) is 6.92 Å². The van der Waals surface area contributed by atoms with E-state index in [1.54, 1.807) is 0 Å². The smallest absolute Gasteiger partial charge is 0.245 e. The monoisotopic (exact) mass is 354 g/mol. The van der Waals surface area contributed by atoms with Crippen LogP contribution < -0.4 is 10.6 Å². The molecule has 2 aromatic rings. The summed E-state index contributed by atoms with van der Waals surface area (Å²) in [6.07, 6.45) is 3.84. The number of anilines is 1. The van der Waals surface area contributed by atoms with Crippen molar-refractivity contribution in [2.75, 3.05) is 31.5 Å². The minimum Gasteiger partial charge on any atom is -0.354 e. The zero-order valence-electron chi connectivity index (χ0n) is 15.5. The van der Waals surface area contributed by atoms with Crippen molar-refractivity contribution in [3.63, 3.8) is 0 Å². The Morgan fingerprint density at radius 3 is 2.73 bits per heavy atom. The molecule has 1 aliphatic heterocycles. The third-order valence-electron chi connectivity index (χ3n) is 4.46. The largest absolute Gasteiger partial charge is 0.354 e. The van der Waals surface area contributed by atoms with E-state index in [1.807, 2.05) is 31.2 Å². The second-order valence-electron chi connectivity index (χ2n) is 6.58.